The number of methoxy groups -OCH3 is 1. The van der Waals surface area contributed by atoms with Crippen LogP contribution in [0.1, 0.15) is 60.5 Å². The van der Waals surface area contributed by atoms with Gasteiger partial charge in [0.15, 0.2) is 5.75 Å². The predicted octanol–water partition coefficient (Wildman–Crippen LogP) is 6.61. The van der Waals surface area contributed by atoms with E-state index in [1.54, 1.807) is 26.8 Å². The van der Waals surface area contributed by atoms with Gasteiger partial charge in [0.25, 0.3) is 0 Å². The summed E-state index contributed by atoms with van der Waals surface area (Å²) >= 11 is 1.46. The molecule has 1 amide bonds. The van der Waals surface area contributed by atoms with Gasteiger partial charge in [-0.15, -0.1) is 11.3 Å². The Morgan fingerprint density at radius 1 is 1.15 bits per heavy atom. The molecule has 214 valence electrons. The maximum Gasteiger partial charge on any atom is 0.408 e. The highest BCUT2D eigenvalue weighted by atomic mass is 32.1. The number of fused-ring (bicyclic) bond motifs is 2. The Hall–Kier alpha value is -4.25. The summed E-state index contributed by atoms with van der Waals surface area (Å²) in [4.78, 5) is 39.3. The van der Waals surface area contributed by atoms with Crippen molar-refractivity contribution >= 4 is 34.3 Å². The number of thiophene rings is 1. The number of benzene rings is 2. The Morgan fingerprint density at radius 2 is 1.90 bits per heavy atom. The Balaban J connectivity index is 1.69. The summed E-state index contributed by atoms with van der Waals surface area (Å²) in [6, 6.07) is 7.79. The van der Waals surface area contributed by atoms with Gasteiger partial charge in [-0.25, -0.2) is 18.4 Å². The number of carboxylic acid groups (broad SMARTS) is 1. The van der Waals surface area contributed by atoms with Crippen LogP contribution in [-0.2, 0) is 11.2 Å². The molecule has 4 aromatic rings. The molecule has 2 heterocycles. The van der Waals surface area contributed by atoms with Gasteiger partial charge in [0.2, 0.25) is 5.43 Å². The molecule has 1 unspecified atom stereocenters. The number of amides is 1. The summed E-state index contributed by atoms with van der Waals surface area (Å²) in [6.45, 7) is 5.39. The van der Waals surface area contributed by atoms with Crippen molar-refractivity contribution in [3.05, 3.63) is 80.5 Å². The van der Waals surface area contributed by atoms with Crippen LogP contribution in [0.25, 0.3) is 27.0 Å². The summed E-state index contributed by atoms with van der Waals surface area (Å²) < 4.78 is 41.2. The van der Waals surface area contributed by atoms with Crippen LogP contribution in [0.3, 0.4) is 0 Å². The zero-order valence-corrected chi connectivity index (χ0v) is 23.7. The van der Waals surface area contributed by atoms with E-state index in [1.165, 1.54) is 35.1 Å². The van der Waals surface area contributed by atoms with E-state index in [2.05, 4.69) is 5.32 Å². The SMILES string of the molecule is COc1c(-c2cc3c(s2)C(NC(=O)OC(C)(C)C)CCC3)ccc2c(=O)c(C(=O)O)cn(-c3ccc(F)cc3F)c12. The lowest BCUT2D eigenvalue weighted by molar-refractivity contribution is 0.0499. The number of aryl methyl sites for hydroxylation is 1. The quantitative estimate of drug-likeness (QED) is 0.274. The van der Waals surface area contributed by atoms with E-state index in [4.69, 9.17) is 9.47 Å². The largest absolute Gasteiger partial charge is 0.494 e. The van der Waals surface area contributed by atoms with Gasteiger partial charge in [-0.2, -0.15) is 0 Å². The molecule has 2 aromatic heterocycles. The molecular formula is C30H28F2N2O6S. The number of hydrogen-bond donors (Lipinski definition) is 2. The van der Waals surface area contributed by atoms with Crippen LogP contribution in [0.15, 0.2) is 47.4 Å². The van der Waals surface area contributed by atoms with Crippen LogP contribution < -0.4 is 15.5 Å². The van der Waals surface area contributed by atoms with Crippen LogP contribution in [0.2, 0.25) is 0 Å². The lowest BCUT2D eigenvalue weighted by atomic mass is 9.94. The summed E-state index contributed by atoms with van der Waals surface area (Å²) in [7, 11) is 1.40. The fourth-order valence-corrected chi connectivity index (χ4v) is 6.41. The average molecular weight is 583 g/mol. The van der Waals surface area contributed by atoms with E-state index in [0.717, 1.165) is 46.8 Å². The topological polar surface area (TPSA) is 107 Å². The van der Waals surface area contributed by atoms with Crippen LogP contribution in [0.4, 0.5) is 13.6 Å². The van der Waals surface area contributed by atoms with Crippen molar-refractivity contribution < 1.29 is 33.0 Å². The van der Waals surface area contributed by atoms with Crippen molar-refractivity contribution in [2.45, 2.75) is 51.7 Å². The first-order valence-electron chi connectivity index (χ1n) is 13.0. The van der Waals surface area contributed by atoms with E-state index < -0.39 is 40.3 Å². The van der Waals surface area contributed by atoms with Crippen molar-refractivity contribution in [2.75, 3.05) is 7.11 Å². The maximum absolute atomic E-state index is 15.0. The highest BCUT2D eigenvalue weighted by Gasteiger charge is 2.29. The molecule has 0 spiro atoms. The molecule has 0 aliphatic heterocycles. The number of halogens is 2. The first-order chi connectivity index (χ1) is 19.4. The Kier molecular flexibility index (Phi) is 7.33. The molecule has 0 fully saturated rings. The standard InChI is InChI=1S/C30H28F2N2O6S/c1-30(2,3)40-29(38)33-21-7-5-6-15-12-23(41-27(15)21)17-9-10-18-24(26(17)39-4)34(14-19(25(18)35)28(36)37)22-11-8-16(31)13-20(22)32/h8-14,21H,5-7H2,1-4H3,(H,33,38)(H,36,37). The molecule has 1 aliphatic rings. The van der Waals surface area contributed by atoms with Crippen molar-refractivity contribution in [3.63, 3.8) is 0 Å². The molecule has 1 atom stereocenters. The number of aromatic nitrogens is 1. The Morgan fingerprint density at radius 3 is 2.56 bits per heavy atom. The van der Waals surface area contributed by atoms with Crippen molar-refractivity contribution in [3.8, 4) is 21.9 Å². The normalized spacial score (nSPS) is 14.9. The van der Waals surface area contributed by atoms with Gasteiger partial charge in [-0.1, -0.05) is 0 Å². The number of carboxylic acids is 1. The fraction of sp³-hybridized carbons (Fsp3) is 0.300. The first-order valence-corrected chi connectivity index (χ1v) is 13.8. The van der Waals surface area contributed by atoms with Gasteiger partial charge in [-0.3, -0.25) is 4.79 Å². The molecule has 41 heavy (non-hydrogen) atoms. The minimum atomic E-state index is -1.48. The zero-order chi connectivity index (χ0) is 29.6. The van der Waals surface area contributed by atoms with E-state index in [9.17, 15) is 28.3 Å². The number of nitrogens with one attached hydrogen (secondary N) is 1. The molecule has 8 nitrogen and oxygen atoms in total. The Bertz CT molecular complexity index is 1750. The van der Waals surface area contributed by atoms with Gasteiger partial charge >= 0.3 is 12.1 Å². The fourth-order valence-electron chi connectivity index (χ4n) is 5.09. The molecule has 0 saturated carbocycles. The van der Waals surface area contributed by atoms with Gasteiger partial charge in [0.05, 0.1) is 24.2 Å². The van der Waals surface area contributed by atoms with Crippen LogP contribution in [0, 0.1) is 11.6 Å². The predicted molar refractivity (Wildman–Crippen MR) is 151 cm³/mol. The van der Waals surface area contributed by atoms with Crippen molar-refractivity contribution in [1.29, 1.82) is 0 Å². The lowest BCUT2D eigenvalue weighted by Gasteiger charge is -2.26. The van der Waals surface area contributed by atoms with Crippen molar-refractivity contribution in [2.24, 2.45) is 0 Å². The van der Waals surface area contributed by atoms with Crippen molar-refractivity contribution in [1.82, 2.24) is 9.88 Å². The second-order valence-electron chi connectivity index (χ2n) is 10.8. The summed E-state index contributed by atoms with van der Waals surface area (Å²) in [5, 5.41) is 12.6. The smallest absolute Gasteiger partial charge is 0.408 e. The number of pyridine rings is 1. The third kappa shape index (κ3) is 5.41. The number of aromatic carboxylic acids is 1. The molecule has 0 radical (unpaired) electrons. The minimum absolute atomic E-state index is 0.0000124. The molecule has 11 heteroatoms. The number of rotatable bonds is 5. The molecule has 1 aliphatic carbocycles. The maximum atomic E-state index is 15.0. The highest BCUT2D eigenvalue weighted by molar-refractivity contribution is 7.15. The molecule has 0 saturated heterocycles. The molecule has 5 rings (SSSR count). The van der Waals surface area contributed by atoms with Crippen LogP contribution in [-0.4, -0.2) is 34.4 Å². The second-order valence-corrected chi connectivity index (χ2v) is 11.9. The zero-order valence-electron chi connectivity index (χ0n) is 22.8. The summed E-state index contributed by atoms with van der Waals surface area (Å²) in [5.74, 6) is -3.01. The van der Waals surface area contributed by atoms with E-state index in [1.807, 2.05) is 6.07 Å². The number of carbonyl (C=O) groups excluding carboxylic acids is 1. The number of ether oxygens (including phenoxy) is 2. The lowest BCUT2D eigenvalue weighted by Crippen LogP contribution is -2.35. The molecule has 2 aromatic carbocycles. The van der Waals surface area contributed by atoms with Gasteiger partial charge in [0.1, 0.15) is 28.3 Å². The number of carbonyl (C=O) groups is 2. The first kappa shape index (κ1) is 28.3. The number of hydrogen-bond acceptors (Lipinski definition) is 6. The second kappa shape index (κ2) is 10.6. The van der Waals surface area contributed by atoms with Gasteiger partial charge < -0.3 is 24.5 Å². The monoisotopic (exact) mass is 582 g/mol. The number of alkyl carbamates (subject to hydrolysis) is 1. The van der Waals surface area contributed by atoms with E-state index >= 15 is 0 Å². The van der Waals surface area contributed by atoms with E-state index in [0.29, 0.717) is 11.6 Å². The Labute approximate surface area is 238 Å². The summed E-state index contributed by atoms with van der Waals surface area (Å²) in [5.41, 5.74) is -0.332. The highest BCUT2D eigenvalue weighted by Crippen LogP contribution is 2.45. The summed E-state index contributed by atoms with van der Waals surface area (Å²) in [6.07, 6.45) is 2.92. The average Bonchev–Trinajstić information content (AvgIpc) is 3.32. The van der Waals surface area contributed by atoms with Gasteiger partial charge in [0, 0.05) is 27.6 Å². The minimum Gasteiger partial charge on any atom is -0.494 e. The third-order valence-electron chi connectivity index (χ3n) is 6.78. The molecule has 2 N–H and O–H groups in total. The van der Waals surface area contributed by atoms with Crippen LogP contribution >= 0.6 is 11.3 Å². The van der Waals surface area contributed by atoms with E-state index in [-0.39, 0.29) is 28.4 Å². The van der Waals surface area contributed by atoms with Crippen LogP contribution in [0.5, 0.6) is 5.75 Å². The number of nitrogens with zero attached hydrogens (tertiary/aromatic N) is 1. The third-order valence-corrected chi connectivity index (χ3v) is 8.10. The molecular weight excluding hydrogens is 554 g/mol. The van der Waals surface area contributed by atoms with Gasteiger partial charge in [-0.05, 0) is 75.9 Å². The molecule has 0 bridgehead atoms.